The minimum absolute atomic E-state index is 0.0869. The van der Waals surface area contributed by atoms with Crippen molar-refractivity contribution >= 4 is 34.8 Å². The number of alkyl halides is 3. The summed E-state index contributed by atoms with van der Waals surface area (Å²) in [4.78, 5) is 25.3. The number of hydrogen-bond donors (Lipinski definition) is 4. The molecule has 0 fully saturated rings. The molecule has 0 saturated carbocycles. The standard InChI is InChI=1S/C24H21ClF3N3O3/c25-17-10-8-15(9-11-17)13-29-23(34)21(14-32)31-22(33)19-6-1-2-7-20(19)30-18-5-3-4-16(12-18)24(26,27)28/h1-12,21,30,32H,13-14H2,(H,29,34)(H,31,33). The topological polar surface area (TPSA) is 90.5 Å². The molecule has 4 N–H and O–H groups in total. The Balaban J connectivity index is 1.69. The van der Waals surface area contributed by atoms with Gasteiger partial charge < -0.3 is 21.1 Å². The van der Waals surface area contributed by atoms with Gasteiger partial charge in [0.05, 0.1) is 23.4 Å². The number of aliphatic hydroxyl groups is 1. The maximum Gasteiger partial charge on any atom is 0.416 e. The van der Waals surface area contributed by atoms with Crippen molar-refractivity contribution in [3.05, 3.63) is 94.5 Å². The number of anilines is 2. The molecule has 0 spiro atoms. The number of halogens is 4. The Kier molecular flexibility index (Phi) is 8.14. The van der Waals surface area contributed by atoms with Gasteiger partial charge in [0.1, 0.15) is 6.04 Å². The summed E-state index contributed by atoms with van der Waals surface area (Å²) in [5.74, 6) is -1.29. The molecule has 0 aliphatic carbocycles. The van der Waals surface area contributed by atoms with Gasteiger partial charge >= 0.3 is 6.18 Å². The van der Waals surface area contributed by atoms with E-state index in [2.05, 4.69) is 16.0 Å². The third-order valence-electron chi connectivity index (χ3n) is 4.82. The first-order chi connectivity index (χ1) is 16.2. The third-order valence-corrected chi connectivity index (χ3v) is 5.08. The lowest BCUT2D eigenvalue weighted by atomic mass is 10.1. The van der Waals surface area contributed by atoms with Crippen LogP contribution in [0.5, 0.6) is 0 Å². The number of aliphatic hydroxyl groups excluding tert-OH is 1. The van der Waals surface area contributed by atoms with Gasteiger partial charge in [-0.2, -0.15) is 13.2 Å². The zero-order valence-corrected chi connectivity index (χ0v) is 18.5. The second kappa shape index (κ2) is 11.0. The number of benzene rings is 3. The lowest BCUT2D eigenvalue weighted by Crippen LogP contribution is -2.48. The molecule has 0 bridgehead atoms. The van der Waals surface area contributed by atoms with Gasteiger partial charge in [0.2, 0.25) is 5.91 Å². The highest BCUT2D eigenvalue weighted by Gasteiger charge is 2.30. The molecule has 0 aromatic heterocycles. The quantitative estimate of drug-likeness (QED) is 0.373. The molecule has 1 atom stereocenters. The lowest BCUT2D eigenvalue weighted by Gasteiger charge is -2.18. The van der Waals surface area contributed by atoms with Crippen molar-refractivity contribution in [1.82, 2.24) is 10.6 Å². The summed E-state index contributed by atoms with van der Waals surface area (Å²) < 4.78 is 39.0. The summed E-state index contributed by atoms with van der Waals surface area (Å²) in [6.45, 7) is -0.489. The summed E-state index contributed by atoms with van der Waals surface area (Å²) in [6, 6.07) is 16.3. The van der Waals surface area contributed by atoms with E-state index in [4.69, 9.17) is 11.6 Å². The van der Waals surface area contributed by atoms with Crippen molar-refractivity contribution in [1.29, 1.82) is 0 Å². The van der Waals surface area contributed by atoms with E-state index in [1.807, 2.05) is 0 Å². The van der Waals surface area contributed by atoms with Crippen molar-refractivity contribution in [2.45, 2.75) is 18.8 Å². The summed E-state index contributed by atoms with van der Waals surface area (Å²) >= 11 is 5.83. The third kappa shape index (κ3) is 6.72. The van der Waals surface area contributed by atoms with E-state index in [1.54, 1.807) is 36.4 Å². The molecule has 3 rings (SSSR count). The van der Waals surface area contributed by atoms with E-state index in [-0.39, 0.29) is 23.5 Å². The molecule has 34 heavy (non-hydrogen) atoms. The zero-order chi connectivity index (χ0) is 24.7. The first-order valence-corrected chi connectivity index (χ1v) is 10.5. The van der Waals surface area contributed by atoms with Crippen molar-refractivity contribution in [3.63, 3.8) is 0 Å². The molecule has 1 unspecified atom stereocenters. The number of carbonyl (C=O) groups excluding carboxylic acids is 2. The maximum absolute atomic E-state index is 13.0. The average molecular weight is 492 g/mol. The Morgan fingerprint density at radius 3 is 2.35 bits per heavy atom. The molecule has 0 heterocycles. The van der Waals surface area contributed by atoms with Crippen LogP contribution in [0.25, 0.3) is 0 Å². The van der Waals surface area contributed by atoms with E-state index in [0.29, 0.717) is 5.02 Å². The van der Waals surface area contributed by atoms with Crippen molar-refractivity contribution in [2.24, 2.45) is 0 Å². The number of amides is 2. The minimum Gasteiger partial charge on any atom is -0.394 e. The van der Waals surface area contributed by atoms with Gasteiger partial charge in [0, 0.05) is 17.3 Å². The summed E-state index contributed by atoms with van der Waals surface area (Å²) in [5, 5.41) is 18.0. The Labute approximate surface area is 198 Å². The van der Waals surface area contributed by atoms with Gasteiger partial charge in [-0.1, -0.05) is 41.9 Å². The van der Waals surface area contributed by atoms with Gasteiger partial charge in [-0.3, -0.25) is 9.59 Å². The van der Waals surface area contributed by atoms with Crippen LogP contribution in [0.3, 0.4) is 0 Å². The summed E-state index contributed by atoms with van der Waals surface area (Å²) in [7, 11) is 0. The minimum atomic E-state index is -4.51. The van der Waals surface area contributed by atoms with Crippen LogP contribution in [0.4, 0.5) is 24.5 Å². The molecule has 0 saturated heterocycles. The van der Waals surface area contributed by atoms with Crippen LogP contribution >= 0.6 is 11.6 Å². The average Bonchev–Trinajstić information content (AvgIpc) is 2.82. The predicted molar refractivity (Wildman–Crippen MR) is 123 cm³/mol. The van der Waals surface area contributed by atoms with Crippen molar-refractivity contribution in [3.8, 4) is 0 Å². The van der Waals surface area contributed by atoms with Gasteiger partial charge in [-0.25, -0.2) is 0 Å². The number of rotatable bonds is 8. The molecule has 10 heteroatoms. The van der Waals surface area contributed by atoms with Gasteiger partial charge in [-0.05, 0) is 48.0 Å². The molecule has 2 amide bonds. The molecular weight excluding hydrogens is 471 g/mol. The molecular formula is C24H21ClF3N3O3. The Hall–Kier alpha value is -3.56. The molecule has 178 valence electrons. The van der Waals surface area contributed by atoms with Crippen LogP contribution < -0.4 is 16.0 Å². The fourth-order valence-electron chi connectivity index (χ4n) is 3.06. The first kappa shape index (κ1) is 25.1. The van der Waals surface area contributed by atoms with Crippen LogP contribution in [0.15, 0.2) is 72.8 Å². The number of para-hydroxylation sites is 1. The van der Waals surface area contributed by atoms with E-state index < -0.39 is 36.2 Å². The van der Waals surface area contributed by atoms with E-state index in [9.17, 15) is 27.9 Å². The van der Waals surface area contributed by atoms with Gasteiger partial charge in [-0.15, -0.1) is 0 Å². The maximum atomic E-state index is 13.0. The first-order valence-electron chi connectivity index (χ1n) is 10.1. The van der Waals surface area contributed by atoms with E-state index in [0.717, 1.165) is 17.7 Å². The van der Waals surface area contributed by atoms with Crippen molar-refractivity contribution < 1.29 is 27.9 Å². The SMILES string of the molecule is O=C(NC(CO)C(=O)NCc1ccc(Cl)cc1)c1ccccc1Nc1cccc(C(F)(F)F)c1. The fourth-order valence-corrected chi connectivity index (χ4v) is 3.19. The van der Waals surface area contributed by atoms with Crippen LogP contribution in [0, 0.1) is 0 Å². The van der Waals surface area contributed by atoms with Gasteiger partial charge in [0.25, 0.3) is 5.91 Å². The Morgan fingerprint density at radius 2 is 1.68 bits per heavy atom. The summed E-state index contributed by atoms with van der Waals surface area (Å²) in [5.41, 5.74) is 0.393. The highest BCUT2D eigenvalue weighted by atomic mass is 35.5. The fraction of sp³-hybridized carbons (Fsp3) is 0.167. The van der Waals surface area contributed by atoms with Gasteiger partial charge in [0.15, 0.2) is 0 Å². The van der Waals surface area contributed by atoms with E-state index in [1.165, 1.54) is 24.3 Å². The molecule has 0 aliphatic heterocycles. The van der Waals surface area contributed by atoms with Crippen LogP contribution in [0.1, 0.15) is 21.5 Å². The lowest BCUT2D eigenvalue weighted by molar-refractivity contribution is -0.137. The van der Waals surface area contributed by atoms with Crippen LogP contribution in [0.2, 0.25) is 5.02 Å². The van der Waals surface area contributed by atoms with E-state index >= 15 is 0 Å². The molecule has 3 aromatic carbocycles. The highest BCUT2D eigenvalue weighted by Crippen LogP contribution is 2.31. The molecule has 0 radical (unpaired) electrons. The largest absolute Gasteiger partial charge is 0.416 e. The zero-order valence-electron chi connectivity index (χ0n) is 17.7. The number of hydrogen-bond acceptors (Lipinski definition) is 4. The normalized spacial score (nSPS) is 12.0. The Morgan fingerprint density at radius 1 is 0.971 bits per heavy atom. The van der Waals surface area contributed by atoms with Crippen LogP contribution in [-0.4, -0.2) is 29.6 Å². The van der Waals surface area contributed by atoms with Crippen LogP contribution in [-0.2, 0) is 17.5 Å². The highest BCUT2D eigenvalue weighted by molar-refractivity contribution is 6.30. The summed E-state index contributed by atoms with van der Waals surface area (Å²) in [6.07, 6.45) is -4.51. The predicted octanol–water partition coefficient (Wildman–Crippen LogP) is 4.51. The second-order valence-corrected chi connectivity index (χ2v) is 7.74. The molecule has 3 aromatic rings. The van der Waals surface area contributed by atoms with Crippen molar-refractivity contribution in [2.75, 3.05) is 11.9 Å². The number of nitrogens with one attached hydrogen (secondary N) is 3. The molecule has 0 aliphatic rings. The monoisotopic (exact) mass is 491 g/mol. The number of carbonyl (C=O) groups is 2. The second-order valence-electron chi connectivity index (χ2n) is 7.30. The Bertz CT molecular complexity index is 1150. The molecule has 6 nitrogen and oxygen atoms in total. The smallest absolute Gasteiger partial charge is 0.394 e.